The molecule has 0 saturated heterocycles. The van der Waals surface area contributed by atoms with Gasteiger partial charge in [-0.1, -0.05) is 30.3 Å². The third-order valence-corrected chi connectivity index (χ3v) is 3.55. The van der Waals surface area contributed by atoms with Gasteiger partial charge in [0.05, 0.1) is 22.7 Å². The van der Waals surface area contributed by atoms with Gasteiger partial charge in [-0.15, -0.1) is 0 Å². The van der Waals surface area contributed by atoms with E-state index in [1.165, 1.54) is 0 Å². The second-order valence-corrected chi connectivity index (χ2v) is 5.46. The number of aliphatic hydroxyl groups excluding tert-OH is 1. The van der Waals surface area contributed by atoms with Gasteiger partial charge in [-0.05, 0) is 25.0 Å². The molecule has 0 fully saturated rings. The van der Waals surface area contributed by atoms with E-state index in [0.717, 1.165) is 17.7 Å². The number of halogens is 1. The van der Waals surface area contributed by atoms with E-state index >= 15 is 0 Å². The van der Waals surface area contributed by atoms with Crippen LogP contribution in [0.4, 0.5) is 10.1 Å². The first-order valence-electron chi connectivity index (χ1n) is 7.36. The number of carbonyl (C=O) groups excluding carboxylic acids is 1. The molecular formula is C17H17FN2O4. The summed E-state index contributed by atoms with van der Waals surface area (Å²) >= 11 is 0. The predicted molar refractivity (Wildman–Crippen MR) is 86.0 cm³/mol. The summed E-state index contributed by atoms with van der Waals surface area (Å²) in [5.74, 6) is -1.65. The molecule has 126 valence electrons. The number of nitrogens with one attached hydrogen (secondary N) is 1. The molecule has 2 aromatic carbocycles. The van der Waals surface area contributed by atoms with Crippen molar-refractivity contribution in [2.75, 3.05) is 0 Å². The van der Waals surface area contributed by atoms with Gasteiger partial charge in [0.1, 0.15) is 5.82 Å². The Morgan fingerprint density at radius 1 is 1.29 bits per heavy atom. The number of nitro benzene ring substituents is 1. The Labute approximate surface area is 138 Å². The zero-order valence-electron chi connectivity index (χ0n) is 13.0. The van der Waals surface area contributed by atoms with Gasteiger partial charge < -0.3 is 10.4 Å². The highest BCUT2D eigenvalue weighted by molar-refractivity contribution is 5.94. The Balaban J connectivity index is 2.00. The maximum Gasteiger partial charge on any atom is 0.272 e. The van der Waals surface area contributed by atoms with E-state index in [4.69, 9.17) is 0 Å². The Morgan fingerprint density at radius 2 is 1.96 bits per heavy atom. The number of carbonyl (C=O) groups is 1. The Morgan fingerprint density at radius 3 is 2.54 bits per heavy atom. The molecule has 2 aromatic rings. The average Bonchev–Trinajstić information content (AvgIpc) is 2.55. The summed E-state index contributed by atoms with van der Waals surface area (Å²) in [6.07, 6.45) is -0.507. The molecule has 0 heterocycles. The maximum absolute atomic E-state index is 13.8. The van der Waals surface area contributed by atoms with Crippen molar-refractivity contribution < 1.29 is 19.2 Å². The summed E-state index contributed by atoms with van der Waals surface area (Å²) in [5.41, 5.74) is 0.0263. The standard InChI is InChI=1S/C17H17FN2O4/c1-11(9-16(21)12-5-3-2-4-6-12)19-17(22)14-8-7-13(20(23)24)10-15(14)18/h2-8,10-11,16,21H,9H2,1H3,(H,19,22)/t11-,16-/m0/s1. The van der Waals surface area contributed by atoms with Gasteiger partial charge in [0, 0.05) is 12.1 Å². The first-order chi connectivity index (χ1) is 11.4. The van der Waals surface area contributed by atoms with E-state index in [1.807, 2.05) is 6.07 Å². The molecule has 0 radical (unpaired) electrons. The van der Waals surface area contributed by atoms with E-state index in [2.05, 4.69) is 5.32 Å². The zero-order valence-corrected chi connectivity index (χ0v) is 13.0. The molecule has 1 amide bonds. The van der Waals surface area contributed by atoms with Crippen LogP contribution in [0.3, 0.4) is 0 Å². The quantitative estimate of drug-likeness (QED) is 0.628. The van der Waals surface area contributed by atoms with Gasteiger partial charge in [0.2, 0.25) is 0 Å². The van der Waals surface area contributed by atoms with E-state index in [0.29, 0.717) is 6.07 Å². The molecule has 2 N–H and O–H groups in total. The van der Waals surface area contributed by atoms with E-state index < -0.39 is 34.5 Å². The van der Waals surface area contributed by atoms with E-state index in [1.54, 1.807) is 31.2 Å². The molecule has 0 saturated carbocycles. The Kier molecular flexibility index (Phi) is 5.59. The lowest BCUT2D eigenvalue weighted by molar-refractivity contribution is -0.385. The molecule has 0 aliphatic heterocycles. The zero-order chi connectivity index (χ0) is 17.7. The van der Waals surface area contributed by atoms with Crippen molar-refractivity contribution in [2.45, 2.75) is 25.5 Å². The first-order valence-corrected chi connectivity index (χ1v) is 7.36. The fourth-order valence-electron chi connectivity index (χ4n) is 2.31. The molecule has 2 rings (SSSR count). The lowest BCUT2D eigenvalue weighted by Gasteiger charge is -2.18. The number of non-ortho nitro benzene ring substituents is 1. The molecule has 7 heteroatoms. The summed E-state index contributed by atoms with van der Waals surface area (Å²) in [6, 6.07) is 11.4. The molecule has 0 bridgehead atoms. The first kappa shape index (κ1) is 17.6. The van der Waals surface area contributed by atoms with Crippen LogP contribution in [0.1, 0.15) is 35.4 Å². The third-order valence-electron chi connectivity index (χ3n) is 3.55. The van der Waals surface area contributed by atoms with Crippen LogP contribution in [-0.2, 0) is 0 Å². The van der Waals surface area contributed by atoms with Gasteiger partial charge >= 0.3 is 0 Å². The smallest absolute Gasteiger partial charge is 0.272 e. The molecule has 24 heavy (non-hydrogen) atoms. The molecular weight excluding hydrogens is 315 g/mol. The fourth-order valence-corrected chi connectivity index (χ4v) is 2.31. The van der Waals surface area contributed by atoms with Crippen LogP contribution >= 0.6 is 0 Å². The normalized spacial score (nSPS) is 13.1. The highest BCUT2D eigenvalue weighted by atomic mass is 19.1. The van der Waals surface area contributed by atoms with Crippen molar-refractivity contribution in [3.05, 3.63) is 75.6 Å². The number of benzene rings is 2. The van der Waals surface area contributed by atoms with E-state index in [-0.39, 0.29) is 12.0 Å². The Hall–Kier alpha value is -2.80. The predicted octanol–water partition coefficient (Wildman–Crippen LogP) is 2.98. The summed E-state index contributed by atoms with van der Waals surface area (Å²) in [5, 5.41) is 23.3. The summed E-state index contributed by atoms with van der Waals surface area (Å²) in [7, 11) is 0. The lowest BCUT2D eigenvalue weighted by Crippen LogP contribution is -2.34. The van der Waals surface area contributed by atoms with Crippen molar-refractivity contribution in [1.82, 2.24) is 5.32 Å². The number of nitro groups is 1. The van der Waals surface area contributed by atoms with Gasteiger partial charge in [-0.3, -0.25) is 14.9 Å². The van der Waals surface area contributed by atoms with Gasteiger partial charge in [0.15, 0.2) is 0 Å². The van der Waals surface area contributed by atoms with Gasteiger partial charge in [0.25, 0.3) is 11.6 Å². The molecule has 0 aliphatic rings. The van der Waals surface area contributed by atoms with Crippen molar-refractivity contribution in [2.24, 2.45) is 0 Å². The topological polar surface area (TPSA) is 92.5 Å². The van der Waals surface area contributed by atoms with Crippen molar-refractivity contribution in [1.29, 1.82) is 0 Å². The summed E-state index contributed by atoms with van der Waals surface area (Å²) in [4.78, 5) is 21.9. The molecule has 6 nitrogen and oxygen atoms in total. The van der Waals surface area contributed by atoms with Gasteiger partial charge in [-0.25, -0.2) is 4.39 Å². The average molecular weight is 332 g/mol. The minimum absolute atomic E-state index is 0.254. The van der Waals surface area contributed by atoms with Crippen molar-refractivity contribution in [3.8, 4) is 0 Å². The Bertz CT molecular complexity index is 737. The molecule has 0 spiro atoms. The van der Waals surface area contributed by atoms with Crippen LogP contribution in [0.5, 0.6) is 0 Å². The molecule has 0 aromatic heterocycles. The van der Waals surface area contributed by atoms with E-state index in [9.17, 15) is 24.4 Å². The second-order valence-electron chi connectivity index (χ2n) is 5.46. The van der Waals surface area contributed by atoms with Crippen LogP contribution in [0.2, 0.25) is 0 Å². The van der Waals surface area contributed by atoms with Crippen LogP contribution in [-0.4, -0.2) is 22.0 Å². The number of hydrogen-bond acceptors (Lipinski definition) is 4. The molecule has 0 unspecified atom stereocenters. The van der Waals surface area contributed by atoms with Crippen molar-refractivity contribution >= 4 is 11.6 Å². The molecule has 0 aliphatic carbocycles. The minimum Gasteiger partial charge on any atom is -0.388 e. The number of nitrogens with zero attached hydrogens (tertiary/aromatic N) is 1. The lowest BCUT2D eigenvalue weighted by atomic mass is 10.0. The van der Waals surface area contributed by atoms with Crippen LogP contribution in [0, 0.1) is 15.9 Å². The summed E-state index contributed by atoms with van der Waals surface area (Å²) in [6.45, 7) is 1.69. The number of aliphatic hydroxyl groups is 1. The number of rotatable bonds is 6. The fraction of sp³-hybridized carbons (Fsp3) is 0.235. The third kappa shape index (κ3) is 4.36. The SMILES string of the molecule is C[C@@H](C[C@H](O)c1ccccc1)NC(=O)c1ccc([N+](=O)[O-])cc1F. The summed E-state index contributed by atoms with van der Waals surface area (Å²) < 4.78 is 13.8. The minimum atomic E-state index is -0.961. The van der Waals surface area contributed by atoms with Gasteiger partial charge in [-0.2, -0.15) is 0 Å². The number of hydrogen-bond donors (Lipinski definition) is 2. The van der Waals surface area contributed by atoms with Crippen molar-refractivity contribution in [3.63, 3.8) is 0 Å². The van der Waals surface area contributed by atoms with Crippen LogP contribution < -0.4 is 5.32 Å². The molecule has 2 atom stereocenters. The largest absolute Gasteiger partial charge is 0.388 e. The highest BCUT2D eigenvalue weighted by Crippen LogP contribution is 2.19. The number of amides is 1. The monoisotopic (exact) mass is 332 g/mol. The second kappa shape index (κ2) is 7.65. The maximum atomic E-state index is 13.8. The highest BCUT2D eigenvalue weighted by Gasteiger charge is 2.19. The van der Waals surface area contributed by atoms with Crippen LogP contribution in [0.15, 0.2) is 48.5 Å². The van der Waals surface area contributed by atoms with Crippen LogP contribution in [0.25, 0.3) is 0 Å².